The molecule has 0 aliphatic carbocycles. The van der Waals surface area contributed by atoms with Crippen molar-refractivity contribution in [1.82, 2.24) is 4.98 Å². The summed E-state index contributed by atoms with van der Waals surface area (Å²) in [5.74, 6) is -0.186. The van der Waals surface area contributed by atoms with Crippen molar-refractivity contribution in [1.29, 1.82) is 0 Å². The molecule has 0 amide bonds. The van der Waals surface area contributed by atoms with E-state index in [-0.39, 0.29) is 0 Å². The van der Waals surface area contributed by atoms with E-state index in [4.69, 9.17) is 4.74 Å². The second kappa shape index (κ2) is 2.64. The van der Waals surface area contributed by atoms with Crippen molar-refractivity contribution in [2.75, 3.05) is 7.11 Å². The summed E-state index contributed by atoms with van der Waals surface area (Å²) in [4.78, 5) is 3.46. The fourth-order valence-electron chi connectivity index (χ4n) is 0.699. The molecule has 10 heavy (non-hydrogen) atoms. The predicted octanol–water partition coefficient (Wildman–Crippen LogP) is 1.54. The Kier molecular flexibility index (Phi) is 1.85. The van der Waals surface area contributed by atoms with Crippen molar-refractivity contribution in [3.05, 3.63) is 23.6 Å². The minimum absolute atomic E-state index is 0.317. The number of hydrogen-bond acceptors (Lipinski definition) is 2. The first kappa shape index (κ1) is 6.99. The number of aromatic nitrogens is 1. The molecule has 1 aromatic rings. The Hall–Kier alpha value is -1.12. The lowest BCUT2D eigenvalue weighted by Crippen LogP contribution is -1.90. The van der Waals surface area contributed by atoms with Gasteiger partial charge in [0.25, 0.3) is 0 Å². The number of pyridine rings is 1. The van der Waals surface area contributed by atoms with Gasteiger partial charge in [0, 0.05) is 6.07 Å². The molecular formula is C7H8FNO. The summed E-state index contributed by atoms with van der Waals surface area (Å²) < 4.78 is 17.1. The number of hydrogen-bond donors (Lipinski definition) is 0. The molecule has 0 unspecified atom stereocenters. The molecule has 2 nitrogen and oxygen atoms in total. The van der Waals surface area contributed by atoms with Gasteiger partial charge in [-0.3, -0.25) is 0 Å². The maximum Gasteiger partial charge on any atom is 0.216 e. The zero-order chi connectivity index (χ0) is 7.56. The van der Waals surface area contributed by atoms with Gasteiger partial charge in [0.1, 0.15) is 0 Å². The molecular weight excluding hydrogens is 133 g/mol. The van der Waals surface area contributed by atoms with Crippen LogP contribution in [0.3, 0.4) is 0 Å². The lowest BCUT2D eigenvalue weighted by molar-refractivity contribution is 0.387. The fraction of sp³-hybridized carbons (Fsp3) is 0.286. The number of rotatable bonds is 1. The van der Waals surface area contributed by atoms with Gasteiger partial charge in [0.2, 0.25) is 11.8 Å². The molecule has 0 fully saturated rings. The van der Waals surface area contributed by atoms with Gasteiger partial charge in [-0.1, -0.05) is 0 Å². The van der Waals surface area contributed by atoms with Gasteiger partial charge in [-0.05, 0) is 18.6 Å². The average Bonchev–Trinajstić information content (AvgIpc) is 1.85. The van der Waals surface area contributed by atoms with Crippen LogP contribution in [0.1, 0.15) is 5.56 Å². The summed E-state index contributed by atoms with van der Waals surface area (Å²) in [5.41, 5.74) is 0.810. The third-order valence-electron chi connectivity index (χ3n) is 1.12. The lowest BCUT2D eigenvalue weighted by atomic mass is 10.3. The molecule has 1 aromatic heterocycles. The second-order valence-corrected chi connectivity index (χ2v) is 2.01. The molecule has 1 heterocycles. The van der Waals surface area contributed by atoms with E-state index in [1.807, 2.05) is 0 Å². The Balaban J connectivity index is 3.06. The van der Waals surface area contributed by atoms with E-state index < -0.39 is 5.95 Å². The maximum atomic E-state index is 12.4. The SMILES string of the molecule is COc1cc(C)cc(F)n1. The van der Waals surface area contributed by atoms with Crippen LogP contribution in [0.25, 0.3) is 0 Å². The van der Waals surface area contributed by atoms with E-state index in [2.05, 4.69) is 4.98 Å². The van der Waals surface area contributed by atoms with E-state index in [0.717, 1.165) is 5.56 Å². The Morgan fingerprint density at radius 3 is 2.70 bits per heavy atom. The van der Waals surface area contributed by atoms with E-state index in [1.54, 1.807) is 13.0 Å². The highest BCUT2D eigenvalue weighted by molar-refractivity contribution is 5.19. The van der Waals surface area contributed by atoms with Crippen molar-refractivity contribution in [3.63, 3.8) is 0 Å². The topological polar surface area (TPSA) is 22.1 Å². The lowest BCUT2D eigenvalue weighted by Gasteiger charge is -1.98. The fourth-order valence-corrected chi connectivity index (χ4v) is 0.699. The highest BCUT2D eigenvalue weighted by Crippen LogP contribution is 2.09. The summed E-state index contributed by atoms with van der Waals surface area (Å²) >= 11 is 0. The van der Waals surface area contributed by atoms with E-state index >= 15 is 0 Å². The first-order valence-electron chi connectivity index (χ1n) is 2.90. The van der Waals surface area contributed by atoms with E-state index in [9.17, 15) is 4.39 Å². The molecule has 0 aromatic carbocycles. The molecule has 54 valence electrons. The van der Waals surface area contributed by atoms with Crippen LogP contribution in [0.2, 0.25) is 0 Å². The average molecular weight is 141 g/mol. The van der Waals surface area contributed by atoms with Crippen LogP contribution in [-0.4, -0.2) is 12.1 Å². The monoisotopic (exact) mass is 141 g/mol. The Morgan fingerprint density at radius 2 is 2.20 bits per heavy atom. The van der Waals surface area contributed by atoms with E-state index in [1.165, 1.54) is 13.2 Å². The quantitative estimate of drug-likeness (QED) is 0.553. The minimum Gasteiger partial charge on any atom is -0.481 e. The first-order valence-corrected chi connectivity index (χ1v) is 2.90. The van der Waals surface area contributed by atoms with Crippen LogP contribution in [-0.2, 0) is 0 Å². The normalized spacial score (nSPS) is 9.50. The molecule has 1 rings (SSSR count). The van der Waals surface area contributed by atoms with Gasteiger partial charge in [-0.15, -0.1) is 0 Å². The van der Waals surface area contributed by atoms with Crippen molar-refractivity contribution in [3.8, 4) is 5.88 Å². The molecule has 0 spiro atoms. The highest BCUT2D eigenvalue weighted by atomic mass is 19.1. The third kappa shape index (κ3) is 1.43. The first-order chi connectivity index (χ1) is 4.72. The van der Waals surface area contributed by atoms with Gasteiger partial charge in [0.15, 0.2) is 0 Å². The number of halogens is 1. The minimum atomic E-state index is -0.503. The molecule has 0 saturated carbocycles. The van der Waals surface area contributed by atoms with Crippen LogP contribution >= 0.6 is 0 Å². The zero-order valence-electron chi connectivity index (χ0n) is 5.89. The van der Waals surface area contributed by atoms with Gasteiger partial charge in [-0.2, -0.15) is 9.37 Å². The Morgan fingerprint density at radius 1 is 1.50 bits per heavy atom. The number of aryl methyl sites for hydroxylation is 1. The largest absolute Gasteiger partial charge is 0.481 e. The molecule has 0 aliphatic rings. The van der Waals surface area contributed by atoms with E-state index in [0.29, 0.717) is 5.88 Å². The Labute approximate surface area is 58.7 Å². The zero-order valence-corrected chi connectivity index (χ0v) is 5.89. The van der Waals surface area contributed by atoms with Crippen LogP contribution in [0.5, 0.6) is 5.88 Å². The molecule has 0 radical (unpaired) electrons. The summed E-state index contributed by atoms with van der Waals surface area (Å²) in [6, 6.07) is 3.02. The van der Waals surface area contributed by atoms with Crippen LogP contribution in [0, 0.1) is 12.9 Å². The summed E-state index contributed by atoms with van der Waals surface area (Å²) in [6.07, 6.45) is 0. The summed E-state index contributed by atoms with van der Waals surface area (Å²) in [6.45, 7) is 1.78. The van der Waals surface area contributed by atoms with Crippen molar-refractivity contribution in [2.24, 2.45) is 0 Å². The van der Waals surface area contributed by atoms with Crippen molar-refractivity contribution >= 4 is 0 Å². The molecule has 0 atom stereocenters. The van der Waals surface area contributed by atoms with Gasteiger partial charge in [0.05, 0.1) is 7.11 Å². The van der Waals surface area contributed by atoms with Gasteiger partial charge >= 0.3 is 0 Å². The smallest absolute Gasteiger partial charge is 0.216 e. The second-order valence-electron chi connectivity index (χ2n) is 2.01. The molecule has 0 N–H and O–H groups in total. The molecule has 0 saturated heterocycles. The third-order valence-corrected chi connectivity index (χ3v) is 1.12. The molecule has 3 heteroatoms. The maximum absolute atomic E-state index is 12.4. The van der Waals surface area contributed by atoms with Crippen LogP contribution in [0.4, 0.5) is 4.39 Å². The number of nitrogens with zero attached hydrogens (tertiary/aromatic N) is 1. The molecule has 0 aliphatic heterocycles. The van der Waals surface area contributed by atoms with Gasteiger partial charge in [-0.25, -0.2) is 0 Å². The summed E-state index contributed by atoms with van der Waals surface area (Å²) in [5, 5.41) is 0. The predicted molar refractivity (Wildman–Crippen MR) is 35.5 cm³/mol. The summed E-state index contributed by atoms with van der Waals surface area (Å²) in [7, 11) is 1.46. The number of methoxy groups -OCH3 is 1. The van der Waals surface area contributed by atoms with Crippen molar-refractivity contribution < 1.29 is 9.13 Å². The number of ether oxygens (including phenoxy) is 1. The van der Waals surface area contributed by atoms with Crippen LogP contribution < -0.4 is 4.74 Å². The standard InChI is InChI=1S/C7H8FNO/c1-5-3-6(8)9-7(4-5)10-2/h3-4H,1-2H3. The molecule has 0 bridgehead atoms. The van der Waals surface area contributed by atoms with Crippen molar-refractivity contribution in [2.45, 2.75) is 6.92 Å². The Bertz CT molecular complexity index is 217. The highest BCUT2D eigenvalue weighted by Gasteiger charge is 1.96. The van der Waals surface area contributed by atoms with Gasteiger partial charge < -0.3 is 4.74 Å². The van der Waals surface area contributed by atoms with Crippen LogP contribution in [0.15, 0.2) is 12.1 Å².